The quantitative estimate of drug-likeness (QED) is 0.133. The lowest BCUT2D eigenvalue weighted by Gasteiger charge is -2.68. The zero-order valence-corrected chi connectivity index (χ0v) is 22.4. The van der Waals surface area contributed by atoms with Crippen molar-refractivity contribution in [2.45, 2.75) is 58.7 Å². The molecule has 0 saturated heterocycles. The van der Waals surface area contributed by atoms with E-state index in [1.54, 1.807) is 0 Å². The van der Waals surface area contributed by atoms with Gasteiger partial charge in [0.05, 0.1) is 0 Å². The van der Waals surface area contributed by atoms with Gasteiger partial charge in [0, 0.05) is 24.3 Å². The molecule has 6 atom stereocenters. The average molecular weight is 654 g/mol. The van der Waals surface area contributed by atoms with Crippen molar-refractivity contribution in [3.63, 3.8) is 0 Å². The summed E-state index contributed by atoms with van der Waals surface area (Å²) >= 11 is 0. The highest BCUT2D eigenvalue weighted by Crippen LogP contribution is 2.76. The summed E-state index contributed by atoms with van der Waals surface area (Å²) in [4.78, 5) is 46.4. The van der Waals surface area contributed by atoms with Crippen LogP contribution in [0.25, 0.3) is 0 Å². The molecule has 6 unspecified atom stereocenters. The Morgan fingerprint density at radius 1 is 0.477 bits per heavy atom. The third-order valence-electron chi connectivity index (χ3n) is 7.49. The normalized spacial score (nSPS) is 36.9. The third kappa shape index (κ3) is 4.58. The first-order valence-electron chi connectivity index (χ1n) is 12.1. The SMILES string of the molecule is C=CC(=O)OCC1(F)CCC(F)(COC(=O)C=C)C2(F)C(F)(COC(=O)C=C)C(F)(F)C(F)(F)C(F)(COC(=O)C=C)C12F. The van der Waals surface area contributed by atoms with Crippen molar-refractivity contribution in [2.75, 3.05) is 26.4 Å². The van der Waals surface area contributed by atoms with Crippen LogP contribution in [-0.2, 0) is 38.1 Å². The summed E-state index contributed by atoms with van der Waals surface area (Å²) in [6.45, 7) is 0.482. The standard InChI is InChI=1S/C26H24F10O8/c1-5-15(37)41-11-19(27)9-10-20(28,12-42-16(38)6-2)24(32)22(30,14-44-18(40)8-4)26(35,36)25(33,34)21(29,23(19,24)31)13-43-17(39)7-3/h5-8H,1-4,9-14H2. The van der Waals surface area contributed by atoms with Crippen LogP contribution in [-0.4, -0.2) is 96.2 Å². The van der Waals surface area contributed by atoms with Gasteiger partial charge in [-0.2, -0.15) is 17.6 Å². The van der Waals surface area contributed by atoms with Crippen molar-refractivity contribution in [1.82, 2.24) is 0 Å². The van der Waals surface area contributed by atoms with Gasteiger partial charge in [0.15, 0.2) is 11.3 Å². The summed E-state index contributed by atoms with van der Waals surface area (Å²) < 4.78 is 181. The van der Waals surface area contributed by atoms with E-state index in [1.165, 1.54) is 0 Å². The van der Waals surface area contributed by atoms with Crippen LogP contribution >= 0.6 is 0 Å². The van der Waals surface area contributed by atoms with Crippen LogP contribution in [0.2, 0.25) is 0 Å². The fraction of sp³-hybridized carbons (Fsp3) is 0.538. The summed E-state index contributed by atoms with van der Waals surface area (Å²) in [6, 6.07) is 0. The number of fused-ring (bicyclic) bond motifs is 1. The number of hydrogen-bond acceptors (Lipinski definition) is 8. The van der Waals surface area contributed by atoms with Crippen LogP contribution in [0.3, 0.4) is 0 Å². The Balaban J connectivity index is 3.17. The number of ether oxygens (including phenoxy) is 4. The second-order valence-electron chi connectivity index (χ2n) is 9.75. The van der Waals surface area contributed by atoms with E-state index >= 15 is 43.9 Å². The monoisotopic (exact) mass is 654 g/mol. The molecule has 0 spiro atoms. The maximum atomic E-state index is 17.5. The third-order valence-corrected chi connectivity index (χ3v) is 7.49. The lowest BCUT2D eigenvalue weighted by atomic mass is 9.44. The molecule has 2 aliphatic rings. The highest BCUT2D eigenvalue weighted by atomic mass is 19.3. The smallest absolute Gasteiger partial charge is 0.353 e. The summed E-state index contributed by atoms with van der Waals surface area (Å²) in [6.07, 6.45) is -3.41. The number of esters is 4. The van der Waals surface area contributed by atoms with Crippen LogP contribution in [0.5, 0.6) is 0 Å². The molecule has 2 saturated carbocycles. The van der Waals surface area contributed by atoms with Gasteiger partial charge in [0.25, 0.3) is 11.3 Å². The van der Waals surface area contributed by atoms with Gasteiger partial charge in [-0.05, 0) is 12.8 Å². The Kier molecular flexibility index (Phi) is 9.56. The number of hydrogen-bond donors (Lipinski definition) is 0. The predicted octanol–water partition coefficient (Wildman–Crippen LogP) is 4.23. The van der Waals surface area contributed by atoms with Gasteiger partial charge in [-0.3, -0.25) is 0 Å². The predicted molar refractivity (Wildman–Crippen MR) is 127 cm³/mol. The maximum Gasteiger partial charge on any atom is 0.353 e. The van der Waals surface area contributed by atoms with Crippen molar-refractivity contribution in [1.29, 1.82) is 0 Å². The first-order chi connectivity index (χ1) is 20.0. The zero-order chi connectivity index (χ0) is 34.2. The van der Waals surface area contributed by atoms with E-state index in [0.29, 0.717) is 0 Å². The van der Waals surface area contributed by atoms with Crippen LogP contribution in [0.4, 0.5) is 43.9 Å². The molecule has 0 amide bonds. The fourth-order valence-electron chi connectivity index (χ4n) is 5.22. The van der Waals surface area contributed by atoms with E-state index in [0.717, 1.165) is 0 Å². The van der Waals surface area contributed by atoms with Gasteiger partial charge < -0.3 is 18.9 Å². The van der Waals surface area contributed by atoms with E-state index in [9.17, 15) is 19.2 Å². The highest BCUT2D eigenvalue weighted by Gasteiger charge is 3.04. The molecule has 0 aromatic rings. The molecule has 0 aromatic heterocycles. The number of carbonyl (C=O) groups is 4. The van der Waals surface area contributed by atoms with Crippen molar-refractivity contribution in [3.05, 3.63) is 50.6 Å². The summed E-state index contributed by atoms with van der Waals surface area (Å²) in [5, 5.41) is 0. The summed E-state index contributed by atoms with van der Waals surface area (Å²) in [5.74, 6) is -21.4. The van der Waals surface area contributed by atoms with E-state index in [1.807, 2.05) is 0 Å². The molecule has 246 valence electrons. The first-order valence-corrected chi connectivity index (χ1v) is 12.1. The highest BCUT2D eigenvalue weighted by molar-refractivity contribution is 5.82. The van der Waals surface area contributed by atoms with Crippen molar-refractivity contribution >= 4 is 23.9 Å². The minimum atomic E-state index is -7.00. The minimum absolute atomic E-state index is 0.0911. The first kappa shape index (κ1) is 36.3. The van der Waals surface area contributed by atoms with Crippen LogP contribution in [0.15, 0.2) is 50.6 Å². The molecule has 2 aliphatic carbocycles. The number of alkyl halides is 10. The molecule has 44 heavy (non-hydrogen) atoms. The Hall–Kier alpha value is -3.86. The fourth-order valence-corrected chi connectivity index (χ4v) is 5.22. The van der Waals surface area contributed by atoms with E-state index in [-0.39, 0.29) is 24.3 Å². The minimum Gasteiger partial charge on any atom is -0.459 e. The van der Waals surface area contributed by atoms with Crippen molar-refractivity contribution in [2.24, 2.45) is 0 Å². The van der Waals surface area contributed by atoms with E-state index in [4.69, 9.17) is 0 Å². The maximum absolute atomic E-state index is 17.5. The van der Waals surface area contributed by atoms with Crippen LogP contribution in [0.1, 0.15) is 12.8 Å². The van der Waals surface area contributed by atoms with Gasteiger partial charge in [0.2, 0.25) is 11.3 Å². The molecule has 0 aliphatic heterocycles. The molecule has 0 heterocycles. The molecule has 0 radical (unpaired) electrons. The Morgan fingerprint density at radius 2 is 0.705 bits per heavy atom. The molecule has 2 rings (SSSR count). The Labute approximate surface area is 242 Å². The summed E-state index contributed by atoms with van der Waals surface area (Å²) in [7, 11) is 0. The number of rotatable bonds is 12. The average Bonchev–Trinajstić information content (AvgIpc) is 2.99. The van der Waals surface area contributed by atoms with Gasteiger partial charge in [-0.25, -0.2) is 45.5 Å². The molecule has 0 aromatic carbocycles. The molecule has 0 bridgehead atoms. The van der Waals surface area contributed by atoms with Gasteiger partial charge in [-0.15, -0.1) is 0 Å². The molecule has 18 heteroatoms. The number of halogens is 10. The van der Waals surface area contributed by atoms with Crippen molar-refractivity contribution < 1.29 is 82.0 Å². The molecule has 8 nitrogen and oxygen atoms in total. The number of carbonyl (C=O) groups excluding carboxylic acids is 4. The second kappa shape index (κ2) is 11.6. The lowest BCUT2D eigenvalue weighted by Crippen LogP contribution is -2.97. The molecular weight excluding hydrogens is 630 g/mol. The van der Waals surface area contributed by atoms with E-state index in [2.05, 4.69) is 45.3 Å². The van der Waals surface area contributed by atoms with Crippen LogP contribution in [0, 0.1) is 0 Å². The lowest BCUT2D eigenvalue weighted by molar-refractivity contribution is -0.460. The van der Waals surface area contributed by atoms with E-state index < -0.39 is 109 Å². The molecule has 2 fully saturated rings. The Bertz CT molecular complexity index is 1170. The second-order valence-corrected chi connectivity index (χ2v) is 9.75. The van der Waals surface area contributed by atoms with Crippen molar-refractivity contribution in [3.8, 4) is 0 Å². The van der Waals surface area contributed by atoms with Gasteiger partial charge >= 0.3 is 35.7 Å². The van der Waals surface area contributed by atoms with Crippen LogP contribution < -0.4 is 0 Å². The zero-order valence-electron chi connectivity index (χ0n) is 22.4. The Morgan fingerprint density at radius 3 is 0.932 bits per heavy atom. The molecular formula is C26H24F10O8. The van der Waals surface area contributed by atoms with Gasteiger partial charge in [-0.1, -0.05) is 26.3 Å². The largest absolute Gasteiger partial charge is 0.459 e. The van der Waals surface area contributed by atoms with Gasteiger partial charge in [0.1, 0.15) is 26.4 Å². The topological polar surface area (TPSA) is 105 Å². The molecule has 0 N–H and O–H groups in total. The summed E-state index contributed by atoms with van der Waals surface area (Å²) in [5.41, 5.74) is -35.0.